The number of alkyl halides is 3. The fraction of sp³-hybridized carbons (Fsp3) is 0.381. The van der Waals surface area contributed by atoms with Crippen molar-refractivity contribution in [2.45, 2.75) is 6.18 Å². The Morgan fingerprint density at radius 2 is 1.88 bits per heavy atom. The zero-order chi connectivity index (χ0) is 24.7. The minimum atomic E-state index is -4.44. The Balaban J connectivity index is 1.66. The van der Waals surface area contributed by atoms with Crippen molar-refractivity contribution in [3.63, 3.8) is 0 Å². The number of halogens is 4. The molecule has 0 amide bonds. The summed E-state index contributed by atoms with van der Waals surface area (Å²) < 4.78 is 52.7. The van der Waals surface area contributed by atoms with Crippen molar-refractivity contribution in [2.24, 2.45) is 10.8 Å². The summed E-state index contributed by atoms with van der Waals surface area (Å²) in [6.45, 7) is 3.91. The fourth-order valence-corrected chi connectivity index (χ4v) is 3.41. The molecule has 0 spiro atoms. The van der Waals surface area contributed by atoms with Crippen LogP contribution in [0.4, 0.5) is 34.8 Å². The van der Waals surface area contributed by atoms with E-state index in [0.717, 1.165) is 44.1 Å². The Kier molecular flexibility index (Phi) is 8.45. The van der Waals surface area contributed by atoms with Crippen LogP contribution in [0.25, 0.3) is 0 Å². The number of thiocarbonyl (C=S) groups is 1. The lowest BCUT2D eigenvalue weighted by Crippen LogP contribution is -2.44. The standard InChI is InChI=1S/C21H26F4N8S/c1-32-6-8-33(9-7-32)18-11-17(16(22)10-14(18)12-30-31-20(26)34)27-4-5-28-19-3-2-15(13-29-19)21(23,24)25/h2-3,10-13,27H,4-9H2,1H3,(H,28,29)(H3,26,31,34)/b30-12+. The summed E-state index contributed by atoms with van der Waals surface area (Å²) in [5.74, 6) is -0.174. The van der Waals surface area contributed by atoms with Crippen LogP contribution in [-0.2, 0) is 6.18 Å². The number of hydrogen-bond donors (Lipinski definition) is 4. The van der Waals surface area contributed by atoms with Crippen LogP contribution in [0.1, 0.15) is 11.1 Å². The maximum Gasteiger partial charge on any atom is 0.417 e. The Morgan fingerprint density at radius 1 is 1.18 bits per heavy atom. The maximum atomic E-state index is 14.8. The lowest BCUT2D eigenvalue weighted by molar-refractivity contribution is -0.137. The van der Waals surface area contributed by atoms with Gasteiger partial charge in [-0.1, -0.05) is 0 Å². The van der Waals surface area contributed by atoms with E-state index in [4.69, 9.17) is 18.0 Å². The van der Waals surface area contributed by atoms with E-state index in [1.54, 1.807) is 6.07 Å². The van der Waals surface area contributed by atoms with Gasteiger partial charge in [0.25, 0.3) is 0 Å². The fourth-order valence-electron chi connectivity index (χ4n) is 3.36. The molecule has 3 rings (SSSR count). The summed E-state index contributed by atoms with van der Waals surface area (Å²) in [5.41, 5.74) is 8.73. The van der Waals surface area contributed by atoms with Crippen LogP contribution < -0.4 is 26.7 Å². The summed E-state index contributed by atoms with van der Waals surface area (Å²) in [6.07, 6.45) is -2.20. The van der Waals surface area contributed by atoms with E-state index < -0.39 is 17.6 Å². The van der Waals surface area contributed by atoms with E-state index in [2.05, 4.69) is 35.9 Å². The summed E-state index contributed by atoms with van der Waals surface area (Å²) in [7, 11) is 2.04. The molecule has 0 bridgehead atoms. The quantitative estimate of drug-likeness (QED) is 0.145. The molecule has 2 aromatic rings. The van der Waals surface area contributed by atoms with Gasteiger partial charge in [-0.2, -0.15) is 18.3 Å². The van der Waals surface area contributed by atoms with Gasteiger partial charge in [0.2, 0.25) is 0 Å². The molecule has 0 unspecified atom stereocenters. The summed E-state index contributed by atoms with van der Waals surface area (Å²) >= 11 is 4.74. The molecule has 13 heteroatoms. The van der Waals surface area contributed by atoms with Gasteiger partial charge in [-0.25, -0.2) is 9.37 Å². The number of pyridine rings is 1. The number of rotatable bonds is 8. The highest BCUT2D eigenvalue weighted by Crippen LogP contribution is 2.29. The predicted molar refractivity (Wildman–Crippen MR) is 130 cm³/mol. The highest BCUT2D eigenvalue weighted by molar-refractivity contribution is 7.80. The predicted octanol–water partition coefficient (Wildman–Crippen LogP) is 2.68. The van der Waals surface area contributed by atoms with Gasteiger partial charge in [-0.3, -0.25) is 5.43 Å². The molecule has 5 N–H and O–H groups in total. The van der Waals surface area contributed by atoms with Gasteiger partial charge < -0.3 is 26.2 Å². The molecule has 8 nitrogen and oxygen atoms in total. The van der Waals surface area contributed by atoms with Gasteiger partial charge in [-0.05, 0) is 43.5 Å². The number of nitrogens with zero attached hydrogens (tertiary/aromatic N) is 4. The van der Waals surface area contributed by atoms with E-state index in [1.165, 1.54) is 18.3 Å². The Morgan fingerprint density at radius 3 is 2.50 bits per heavy atom. The first-order valence-electron chi connectivity index (χ1n) is 10.5. The molecule has 2 heterocycles. The molecule has 1 aliphatic rings. The number of anilines is 3. The molecule has 1 aromatic heterocycles. The van der Waals surface area contributed by atoms with E-state index in [1.807, 2.05) is 7.05 Å². The first-order valence-corrected chi connectivity index (χ1v) is 10.9. The van der Waals surface area contributed by atoms with E-state index in [0.29, 0.717) is 30.2 Å². The molecule has 1 saturated heterocycles. The van der Waals surface area contributed by atoms with Crippen LogP contribution in [0.5, 0.6) is 0 Å². The number of nitrogens with one attached hydrogen (secondary N) is 3. The first-order chi connectivity index (χ1) is 16.1. The van der Waals surface area contributed by atoms with Gasteiger partial charge in [0.05, 0.1) is 17.5 Å². The smallest absolute Gasteiger partial charge is 0.381 e. The highest BCUT2D eigenvalue weighted by Gasteiger charge is 2.30. The molecule has 0 saturated carbocycles. The number of piperazine rings is 1. The minimum Gasteiger partial charge on any atom is -0.381 e. The second kappa shape index (κ2) is 11.3. The molecule has 0 radical (unpaired) electrons. The van der Waals surface area contributed by atoms with Crippen molar-refractivity contribution < 1.29 is 17.6 Å². The van der Waals surface area contributed by atoms with E-state index in [-0.39, 0.29) is 5.11 Å². The van der Waals surface area contributed by atoms with Crippen molar-refractivity contribution in [3.8, 4) is 0 Å². The van der Waals surface area contributed by atoms with Crippen molar-refractivity contribution >= 4 is 40.7 Å². The highest BCUT2D eigenvalue weighted by atomic mass is 32.1. The molecule has 34 heavy (non-hydrogen) atoms. The van der Waals surface area contributed by atoms with Crippen LogP contribution in [0.3, 0.4) is 0 Å². The van der Waals surface area contributed by atoms with Crippen LogP contribution in [0, 0.1) is 5.82 Å². The lowest BCUT2D eigenvalue weighted by Gasteiger charge is -2.35. The average molecular weight is 499 g/mol. The molecule has 1 fully saturated rings. The minimum absolute atomic E-state index is 0.00573. The van der Waals surface area contributed by atoms with Gasteiger partial charge in [0, 0.05) is 56.7 Å². The van der Waals surface area contributed by atoms with E-state index >= 15 is 0 Å². The zero-order valence-corrected chi connectivity index (χ0v) is 19.3. The maximum absolute atomic E-state index is 14.8. The van der Waals surface area contributed by atoms with Crippen molar-refractivity contribution in [1.82, 2.24) is 15.3 Å². The third-order valence-electron chi connectivity index (χ3n) is 5.18. The molecule has 1 aliphatic heterocycles. The van der Waals surface area contributed by atoms with Crippen molar-refractivity contribution in [3.05, 3.63) is 47.4 Å². The third-order valence-corrected chi connectivity index (χ3v) is 5.27. The molecule has 0 aliphatic carbocycles. The van der Waals surface area contributed by atoms with E-state index in [9.17, 15) is 17.6 Å². The zero-order valence-electron chi connectivity index (χ0n) is 18.5. The van der Waals surface area contributed by atoms with Crippen LogP contribution in [-0.4, -0.2) is 67.5 Å². The molecular weight excluding hydrogens is 472 g/mol. The molecule has 184 valence electrons. The molecule has 0 atom stereocenters. The van der Waals surface area contributed by atoms with Gasteiger partial charge in [-0.15, -0.1) is 0 Å². The van der Waals surface area contributed by atoms with Gasteiger partial charge >= 0.3 is 6.18 Å². The second-order valence-corrected chi connectivity index (χ2v) is 8.14. The second-order valence-electron chi connectivity index (χ2n) is 7.70. The van der Waals surface area contributed by atoms with Crippen molar-refractivity contribution in [1.29, 1.82) is 0 Å². The van der Waals surface area contributed by atoms with Crippen LogP contribution >= 0.6 is 12.2 Å². The third kappa shape index (κ3) is 7.15. The Bertz CT molecular complexity index is 1010. The monoisotopic (exact) mass is 498 g/mol. The number of likely N-dealkylation sites (N-methyl/N-ethyl adjacent to an activating group) is 1. The number of hydrazone groups is 1. The average Bonchev–Trinajstić information content (AvgIpc) is 2.78. The Hall–Kier alpha value is -3.19. The molecule has 1 aromatic carbocycles. The number of hydrogen-bond acceptors (Lipinski definition) is 7. The summed E-state index contributed by atoms with van der Waals surface area (Å²) in [4.78, 5) is 8.12. The molecular formula is C21H26F4N8S. The normalized spacial score (nSPS) is 14.9. The van der Waals surface area contributed by atoms with Gasteiger partial charge in [0.1, 0.15) is 11.6 Å². The summed E-state index contributed by atoms with van der Waals surface area (Å²) in [6, 6.07) is 5.31. The summed E-state index contributed by atoms with van der Waals surface area (Å²) in [5, 5.41) is 9.90. The van der Waals surface area contributed by atoms with Crippen molar-refractivity contribution in [2.75, 3.05) is 61.8 Å². The largest absolute Gasteiger partial charge is 0.417 e. The lowest BCUT2D eigenvalue weighted by atomic mass is 10.1. The van der Waals surface area contributed by atoms with Crippen LogP contribution in [0.15, 0.2) is 35.6 Å². The first kappa shape index (κ1) is 25.4. The number of aromatic nitrogens is 1. The number of nitrogens with two attached hydrogens (primary N) is 1. The SMILES string of the molecule is CN1CCN(c2cc(NCCNc3ccc(C(F)(F)F)cn3)c(F)cc2/C=N/NC(N)=S)CC1. The number of benzene rings is 1. The topological polar surface area (TPSA) is 93.8 Å². The Labute approximate surface area is 200 Å². The van der Waals surface area contributed by atoms with Gasteiger partial charge in [0.15, 0.2) is 5.11 Å². The van der Waals surface area contributed by atoms with Crippen LogP contribution in [0.2, 0.25) is 0 Å².